The fourth-order valence-electron chi connectivity index (χ4n) is 1.17. The molecule has 0 bridgehead atoms. The van der Waals surface area contributed by atoms with Crippen molar-refractivity contribution in [2.75, 3.05) is 19.8 Å². The van der Waals surface area contributed by atoms with E-state index in [1.54, 1.807) is 0 Å². The van der Waals surface area contributed by atoms with Crippen LogP contribution in [0.4, 0.5) is 0 Å². The van der Waals surface area contributed by atoms with Crippen LogP contribution >= 0.6 is 0 Å². The fraction of sp³-hybridized carbons (Fsp3) is 0.750. The Morgan fingerprint density at radius 1 is 1.80 bits per heavy atom. The lowest BCUT2D eigenvalue weighted by Gasteiger charge is -2.23. The van der Waals surface area contributed by atoms with Crippen LogP contribution in [0.3, 0.4) is 0 Å². The summed E-state index contributed by atoms with van der Waals surface area (Å²) in [6, 6.07) is 0.506. The third-order valence-corrected chi connectivity index (χ3v) is 1.59. The standard InChI is InChI=1S/C8H15NO/c1-7(2)5-8-6-10-4-3-9-8/h8-9H,1,3-6H2,2H3. The van der Waals surface area contributed by atoms with Gasteiger partial charge in [-0.1, -0.05) is 5.57 Å². The van der Waals surface area contributed by atoms with Crippen molar-refractivity contribution in [1.82, 2.24) is 5.32 Å². The highest BCUT2D eigenvalue weighted by Crippen LogP contribution is 2.04. The fourth-order valence-corrected chi connectivity index (χ4v) is 1.17. The van der Waals surface area contributed by atoms with Gasteiger partial charge in [0.15, 0.2) is 0 Å². The Hall–Kier alpha value is -0.340. The number of hydrogen-bond donors (Lipinski definition) is 1. The van der Waals surface area contributed by atoms with E-state index in [2.05, 4.69) is 18.8 Å². The van der Waals surface area contributed by atoms with Gasteiger partial charge in [-0.25, -0.2) is 0 Å². The normalized spacial score (nSPS) is 26.3. The van der Waals surface area contributed by atoms with Gasteiger partial charge in [0.1, 0.15) is 0 Å². The second-order valence-corrected chi connectivity index (χ2v) is 2.89. The summed E-state index contributed by atoms with van der Waals surface area (Å²) in [6.07, 6.45) is 1.04. The van der Waals surface area contributed by atoms with Crippen LogP contribution in [0.15, 0.2) is 12.2 Å². The Balaban J connectivity index is 2.19. The molecule has 58 valence electrons. The van der Waals surface area contributed by atoms with Crippen molar-refractivity contribution in [3.8, 4) is 0 Å². The van der Waals surface area contributed by atoms with Crippen molar-refractivity contribution < 1.29 is 4.74 Å². The van der Waals surface area contributed by atoms with Gasteiger partial charge in [-0.05, 0) is 13.3 Å². The topological polar surface area (TPSA) is 21.3 Å². The maximum atomic E-state index is 5.28. The summed E-state index contributed by atoms with van der Waals surface area (Å²) in [5.74, 6) is 0. The molecule has 0 aliphatic carbocycles. The first-order chi connectivity index (χ1) is 4.79. The monoisotopic (exact) mass is 141 g/mol. The number of ether oxygens (including phenoxy) is 1. The number of rotatable bonds is 2. The second kappa shape index (κ2) is 3.74. The predicted octanol–water partition coefficient (Wildman–Crippen LogP) is 0.941. The van der Waals surface area contributed by atoms with E-state index in [0.29, 0.717) is 6.04 Å². The van der Waals surface area contributed by atoms with Crippen LogP contribution < -0.4 is 5.32 Å². The predicted molar refractivity (Wildman–Crippen MR) is 42.0 cm³/mol. The van der Waals surface area contributed by atoms with Gasteiger partial charge in [-0.3, -0.25) is 0 Å². The maximum Gasteiger partial charge on any atom is 0.0623 e. The summed E-state index contributed by atoms with van der Waals surface area (Å²) in [6.45, 7) is 8.58. The molecule has 2 nitrogen and oxygen atoms in total. The van der Waals surface area contributed by atoms with E-state index in [4.69, 9.17) is 4.74 Å². The second-order valence-electron chi connectivity index (χ2n) is 2.89. The number of hydrogen-bond acceptors (Lipinski definition) is 2. The summed E-state index contributed by atoms with van der Waals surface area (Å²) in [4.78, 5) is 0. The molecule has 1 fully saturated rings. The van der Waals surface area contributed by atoms with Crippen LogP contribution in [0.25, 0.3) is 0 Å². The molecule has 0 radical (unpaired) electrons. The van der Waals surface area contributed by atoms with Crippen LogP contribution in [0.2, 0.25) is 0 Å². The molecule has 10 heavy (non-hydrogen) atoms. The van der Waals surface area contributed by atoms with E-state index in [-0.39, 0.29) is 0 Å². The van der Waals surface area contributed by atoms with Crippen molar-refractivity contribution in [3.63, 3.8) is 0 Å². The Morgan fingerprint density at radius 3 is 3.10 bits per heavy atom. The first-order valence-corrected chi connectivity index (χ1v) is 3.74. The van der Waals surface area contributed by atoms with Gasteiger partial charge >= 0.3 is 0 Å². The van der Waals surface area contributed by atoms with Crippen molar-refractivity contribution in [2.45, 2.75) is 19.4 Å². The smallest absolute Gasteiger partial charge is 0.0623 e. The zero-order valence-corrected chi connectivity index (χ0v) is 6.52. The Labute approximate surface area is 62.3 Å². The molecule has 0 aromatic carbocycles. The lowest BCUT2D eigenvalue weighted by molar-refractivity contribution is 0.0770. The molecule has 1 atom stereocenters. The Morgan fingerprint density at radius 2 is 2.60 bits per heavy atom. The molecule has 0 amide bonds. The van der Waals surface area contributed by atoms with Crippen LogP contribution in [-0.2, 0) is 4.74 Å². The van der Waals surface area contributed by atoms with E-state index in [1.165, 1.54) is 5.57 Å². The quantitative estimate of drug-likeness (QED) is 0.578. The highest BCUT2D eigenvalue weighted by atomic mass is 16.5. The van der Waals surface area contributed by atoms with Gasteiger partial charge < -0.3 is 10.1 Å². The zero-order valence-electron chi connectivity index (χ0n) is 6.52. The van der Waals surface area contributed by atoms with Gasteiger partial charge in [0.2, 0.25) is 0 Å². The molecule has 1 unspecified atom stereocenters. The molecule has 1 aliphatic rings. The maximum absolute atomic E-state index is 5.28. The van der Waals surface area contributed by atoms with Crippen molar-refractivity contribution >= 4 is 0 Å². The van der Waals surface area contributed by atoms with Crippen molar-refractivity contribution in [3.05, 3.63) is 12.2 Å². The molecular formula is C8H15NO. The van der Waals surface area contributed by atoms with E-state index < -0.39 is 0 Å². The van der Waals surface area contributed by atoms with Crippen molar-refractivity contribution in [2.24, 2.45) is 0 Å². The molecular weight excluding hydrogens is 126 g/mol. The van der Waals surface area contributed by atoms with Gasteiger partial charge in [0, 0.05) is 12.6 Å². The highest BCUT2D eigenvalue weighted by molar-refractivity contribution is 4.93. The molecule has 1 rings (SSSR count). The van der Waals surface area contributed by atoms with Gasteiger partial charge in [0.25, 0.3) is 0 Å². The summed E-state index contributed by atoms with van der Waals surface area (Å²) < 4.78 is 5.28. The van der Waals surface area contributed by atoms with Crippen LogP contribution in [-0.4, -0.2) is 25.8 Å². The third-order valence-electron chi connectivity index (χ3n) is 1.59. The van der Waals surface area contributed by atoms with E-state index >= 15 is 0 Å². The Bertz CT molecular complexity index is 116. The molecule has 0 aromatic rings. The minimum Gasteiger partial charge on any atom is -0.379 e. The summed E-state index contributed by atoms with van der Waals surface area (Å²) in [5.41, 5.74) is 1.23. The molecule has 1 heterocycles. The van der Waals surface area contributed by atoms with Crippen LogP contribution in [0.5, 0.6) is 0 Å². The number of nitrogens with one attached hydrogen (secondary N) is 1. The largest absolute Gasteiger partial charge is 0.379 e. The summed E-state index contributed by atoms with van der Waals surface area (Å²) in [7, 11) is 0. The van der Waals surface area contributed by atoms with Crippen LogP contribution in [0, 0.1) is 0 Å². The molecule has 0 spiro atoms. The Kier molecular flexibility index (Phi) is 2.90. The summed E-state index contributed by atoms with van der Waals surface area (Å²) in [5, 5.41) is 3.36. The van der Waals surface area contributed by atoms with Crippen LogP contribution in [0.1, 0.15) is 13.3 Å². The first kappa shape index (κ1) is 7.76. The SMILES string of the molecule is C=C(C)CC1COCCN1. The number of morpholine rings is 1. The van der Waals surface area contributed by atoms with E-state index in [0.717, 1.165) is 26.2 Å². The molecule has 2 heteroatoms. The van der Waals surface area contributed by atoms with E-state index in [9.17, 15) is 0 Å². The molecule has 0 saturated carbocycles. The van der Waals surface area contributed by atoms with Crippen molar-refractivity contribution in [1.29, 1.82) is 0 Å². The lowest BCUT2D eigenvalue weighted by atomic mass is 10.1. The minimum atomic E-state index is 0.506. The minimum absolute atomic E-state index is 0.506. The molecule has 1 N–H and O–H groups in total. The van der Waals surface area contributed by atoms with Gasteiger partial charge in [-0.2, -0.15) is 0 Å². The summed E-state index contributed by atoms with van der Waals surface area (Å²) >= 11 is 0. The average Bonchev–Trinajstić information content (AvgIpc) is 1.88. The van der Waals surface area contributed by atoms with Gasteiger partial charge in [0.05, 0.1) is 13.2 Å². The molecule has 0 aromatic heterocycles. The average molecular weight is 141 g/mol. The van der Waals surface area contributed by atoms with E-state index in [1.807, 2.05) is 0 Å². The first-order valence-electron chi connectivity index (χ1n) is 3.74. The third kappa shape index (κ3) is 2.50. The highest BCUT2D eigenvalue weighted by Gasteiger charge is 2.11. The molecule has 1 aliphatic heterocycles. The molecule has 1 saturated heterocycles. The zero-order chi connectivity index (χ0) is 7.40. The van der Waals surface area contributed by atoms with Gasteiger partial charge in [-0.15, -0.1) is 6.58 Å². The lowest BCUT2D eigenvalue weighted by Crippen LogP contribution is -2.41.